The number of sulfonamides is 1. The average molecular weight is 509 g/mol. The second kappa shape index (κ2) is 11.3. The number of rotatable bonds is 10. The molecule has 0 atom stereocenters. The highest BCUT2D eigenvalue weighted by Crippen LogP contribution is 2.28. The molecule has 33 heavy (non-hydrogen) atoms. The molecule has 10 heteroatoms. The van der Waals surface area contributed by atoms with Gasteiger partial charge in [-0.1, -0.05) is 41.4 Å². The van der Waals surface area contributed by atoms with Crippen molar-refractivity contribution in [2.75, 3.05) is 17.9 Å². The second-order valence-corrected chi connectivity index (χ2v) is 9.31. The predicted octanol–water partition coefficient (Wildman–Crippen LogP) is 4.89. The largest absolute Gasteiger partial charge is 0.494 e. The van der Waals surface area contributed by atoms with Gasteiger partial charge in [-0.15, -0.1) is 0 Å². The highest BCUT2D eigenvalue weighted by Gasteiger charge is 2.17. The van der Waals surface area contributed by atoms with E-state index in [0.717, 1.165) is 5.56 Å². The Kier molecular flexibility index (Phi) is 8.43. The number of carbonyl (C=O) groups is 1. The molecular formula is C23H22Cl2N2O5S. The minimum Gasteiger partial charge on any atom is -0.494 e. The number of halogens is 2. The Labute approximate surface area is 202 Å². The molecule has 0 aliphatic heterocycles. The Morgan fingerprint density at radius 3 is 2.33 bits per heavy atom. The molecule has 2 N–H and O–H groups in total. The maximum Gasteiger partial charge on any atom is 0.261 e. The molecule has 7 nitrogen and oxygen atoms in total. The highest BCUT2D eigenvalue weighted by atomic mass is 35.5. The van der Waals surface area contributed by atoms with Crippen molar-refractivity contribution in [3.05, 3.63) is 82.3 Å². The van der Waals surface area contributed by atoms with E-state index in [1.807, 2.05) is 13.0 Å². The van der Waals surface area contributed by atoms with Crippen LogP contribution in [0.3, 0.4) is 0 Å². The van der Waals surface area contributed by atoms with E-state index < -0.39 is 10.0 Å². The molecule has 3 aromatic carbocycles. The Morgan fingerprint density at radius 1 is 0.939 bits per heavy atom. The van der Waals surface area contributed by atoms with Gasteiger partial charge in [0, 0.05) is 17.3 Å². The SMILES string of the molecule is CCOc1ccc(NS(=O)(=O)c2ccc(OCC(=O)NCc3ccccc3Cl)c(Cl)c2)cc1. The third kappa shape index (κ3) is 7.02. The molecule has 0 radical (unpaired) electrons. The van der Waals surface area contributed by atoms with Crippen molar-refractivity contribution in [3.63, 3.8) is 0 Å². The van der Waals surface area contributed by atoms with Gasteiger partial charge in [0.1, 0.15) is 11.5 Å². The van der Waals surface area contributed by atoms with Crippen molar-refractivity contribution in [1.82, 2.24) is 5.32 Å². The van der Waals surface area contributed by atoms with Gasteiger partial charge in [0.15, 0.2) is 6.61 Å². The zero-order chi connectivity index (χ0) is 23.8. The summed E-state index contributed by atoms with van der Waals surface area (Å²) in [6.45, 7) is 2.34. The number of benzene rings is 3. The van der Waals surface area contributed by atoms with E-state index in [0.29, 0.717) is 23.1 Å². The summed E-state index contributed by atoms with van der Waals surface area (Å²) in [6.07, 6.45) is 0. The average Bonchev–Trinajstić information content (AvgIpc) is 2.79. The van der Waals surface area contributed by atoms with Gasteiger partial charge in [-0.2, -0.15) is 0 Å². The molecule has 1 amide bonds. The summed E-state index contributed by atoms with van der Waals surface area (Å²) in [5, 5.41) is 3.31. The number of carbonyl (C=O) groups excluding carboxylic acids is 1. The van der Waals surface area contributed by atoms with Crippen molar-refractivity contribution in [2.24, 2.45) is 0 Å². The molecule has 3 aromatic rings. The number of anilines is 1. The first-order chi connectivity index (χ1) is 15.8. The topological polar surface area (TPSA) is 93.7 Å². The summed E-state index contributed by atoms with van der Waals surface area (Å²) in [5.74, 6) is 0.449. The smallest absolute Gasteiger partial charge is 0.261 e. The molecule has 3 rings (SSSR count). The van der Waals surface area contributed by atoms with Crippen molar-refractivity contribution in [3.8, 4) is 11.5 Å². The van der Waals surface area contributed by atoms with Crippen molar-refractivity contribution < 1.29 is 22.7 Å². The van der Waals surface area contributed by atoms with Crippen LogP contribution >= 0.6 is 23.2 Å². The molecule has 0 aromatic heterocycles. The first-order valence-corrected chi connectivity index (χ1v) is 12.2. The van der Waals surface area contributed by atoms with E-state index in [1.54, 1.807) is 42.5 Å². The third-order valence-corrected chi connectivity index (χ3v) is 6.47. The molecule has 0 saturated carbocycles. The second-order valence-electron chi connectivity index (χ2n) is 6.81. The lowest BCUT2D eigenvalue weighted by Gasteiger charge is -2.12. The van der Waals surface area contributed by atoms with Crippen LogP contribution in [0.25, 0.3) is 0 Å². The molecule has 0 fully saturated rings. The maximum atomic E-state index is 12.7. The molecule has 174 valence electrons. The molecular weight excluding hydrogens is 487 g/mol. The van der Waals surface area contributed by atoms with E-state index in [2.05, 4.69) is 10.0 Å². The van der Waals surface area contributed by atoms with E-state index in [9.17, 15) is 13.2 Å². The monoisotopic (exact) mass is 508 g/mol. The first kappa shape index (κ1) is 24.7. The maximum absolute atomic E-state index is 12.7. The fourth-order valence-electron chi connectivity index (χ4n) is 2.80. The molecule has 0 spiro atoms. The van der Waals surface area contributed by atoms with Crippen molar-refractivity contribution in [2.45, 2.75) is 18.4 Å². The molecule has 0 heterocycles. The lowest BCUT2D eigenvalue weighted by atomic mass is 10.2. The van der Waals surface area contributed by atoms with Gasteiger partial charge in [0.05, 0.1) is 16.5 Å². The van der Waals surface area contributed by atoms with E-state index in [1.165, 1.54) is 18.2 Å². The van der Waals surface area contributed by atoms with E-state index in [-0.39, 0.29) is 34.7 Å². The van der Waals surface area contributed by atoms with Crippen LogP contribution in [-0.2, 0) is 21.4 Å². The van der Waals surface area contributed by atoms with Gasteiger partial charge in [-0.3, -0.25) is 9.52 Å². The summed E-state index contributed by atoms with van der Waals surface area (Å²) in [4.78, 5) is 12.0. The zero-order valence-corrected chi connectivity index (χ0v) is 20.0. The zero-order valence-electron chi connectivity index (χ0n) is 17.7. The van der Waals surface area contributed by atoms with Crippen molar-refractivity contribution in [1.29, 1.82) is 0 Å². The lowest BCUT2D eigenvalue weighted by Crippen LogP contribution is -2.28. The van der Waals surface area contributed by atoms with Crippen LogP contribution in [0, 0.1) is 0 Å². The van der Waals surface area contributed by atoms with E-state index in [4.69, 9.17) is 32.7 Å². The minimum absolute atomic E-state index is 0.0445. The van der Waals surface area contributed by atoms with Crippen LogP contribution in [-0.4, -0.2) is 27.5 Å². The third-order valence-electron chi connectivity index (χ3n) is 4.42. The fourth-order valence-corrected chi connectivity index (χ4v) is 4.38. The summed E-state index contributed by atoms with van der Waals surface area (Å²) in [7, 11) is -3.87. The molecule has 0 saturated heterocycles. The molecule has 0 aliphatic carbocycles. The molecule has 0 bridgehead atoms. The molecule has 0 unspecified atom stereocenters. The van der Waals surface area contributed by atoms with E-state index >= 15 is 0 Å². The van der Waals surface area contributed by atoms with Crippen LogP contribution in [0.15, 0.2) is 71.6 Å². The van der Waals surface area contributed by atoms with Gasteiger partial charge in [0.2, 0.25) is 0 Å². The summed E-state index contributed by atoms with van der Waals surface area (Å²) in [5.41, 5.74) is 1.16. The number of ether oxygens (including phenoxy) is 2. The fraction of sp³-hybridized carbons (Fsp3) is 0.174. The van der Waals surface area contributed by atoms with Crippen LogP contribution in [0.4, 0.5) is 5.69 Å². The van der Waals surface area contributed by atoms with Crippen LogP contribution in [0.1, 0.15) is 12.5 Å². The number of hydrogen-bond acceptors (Lipinski definition) is 5. The summed E-state index contributed by atoms with van der Waals surface area (Å²) < 4.78 is 38.6. The lowest BCUT2D eigenvalue weighted by molar-refractivity contribution is -0.123. The summed E-state index contributed by atoms with van der Waals surface area (Å²) >= 11 is 12.3. The van der Waals surface area contributed by atoms with Crippen LogP contribution in [0.2, 0.25) is 10.0 Å². The standard InChI is InChI=1S/C23H22Cl2N2O5S/c1-2-31-18-9-7-17(8-10-18)27-33(29,30)19-11-12-22(21(25)13-19)32-15-23(28)26-14-16-5-3-4-6-20(16)24/h3-13,27H,2,14-15H2,1H3,(H,26,28). The number of amides is 1. The highest BCUT2D eigenvalue weighted by molar-refractivity contribution is 7.92. The number of nitrogens with one attached hydrogen (secondary N) is 2. The normalized spacial score (nSPS) is 11.0. The van der Waals surface area contributed by atoms with Gasteiger partial charge in [-0.25, -0.2) is 8.42 Å². The Hall–Kier alpha value is -2.94. The quantitative estimate of drug-likeness (QED) is 0.406. The van der Waals surface area contributed by atoms with Gasteiger partial charge in [0.25, 0.3) is 15.9 Å². The van der Waals surface area contributed by atoms with Gasteiger partial charge < -0.3 is 14.8 Å². The number of hydrogen-bond donors (Lipinski definition) is 2. The molecule has 0 aliphatic rings. The van der Waals surface area contributed by atoms with Gasteiger partial charge >= 0.3 is 0 Å². The van der Waals surface area contributed by atoms with Crippen LogP contribution in [0.5, 0.6) is 11.5 Å². The minimum atomic E-state index is -3.87. The van der Waals surface area contributed by atoms with Gasteiger partial charge in [-0.05, 0) is 61.0 Å². The predicted molar refractivity (Wildman–Crippen MR) is 129 cm³/mol. The Bertz CT molecular complexity index is 1220. The Morgan fingerprint density at radius 2 is 1.67 bits per heavy atom. The van der Waals surface area contributed by atoms with Crippen LogP contribution < -0.4 is 19.5 Å². The van der Waals surface area contributed by atoms with Crippen molar-refractivity contribution >= 4 is 44.8 Å². The first-order valence-electron chi connectivity index (χ1n) is 9.96. The Balaban J connectivity index is 1.58. The summed E-state index contributed by atoms with van der Waals surface area (Å²) in [6, 6.07) is 17.7.